The van der Waals surface area contributed by atoms with E-state index in [0.29, 0.717) is 22.9 Å². The minimum Gasteiger partial charge on any atom is -0.437 e. The van der Waals surface area contributed by atoms with E-state index in [4.69, 9.17) is 16.3 Å². The molecule has 1 aromatic carbocycles. The van der Waals surface area contributed by atoms with Crippen molar-refractivity contribution >= 4 is 11.6 Å². The van der Waals surface area contributed by atoms with Gasteiger partial charge in [0.15, 0.2) is 17.3 Å². The van der Waals surface area contributed by atoms with Crippen LogP contribution in [0.5, 0.6) is 11.6 Å². The Kier molecular flexibility index (Phi) is 4.96. The number of hydrogen-bond acceptors (Lipinski definition) is 3. The summed E-state index contributed by atoms with van der Waals surface area (Å²) < 4.78 is 96.0. The van der Waals surface area contributed by atoms with E-state index in [2.05, 4.69) is 10.1 Å². The predicted molar refractivity (Wildman–Crippen MR) is 82.8 cm³/mol. The highest BCUT2D eigenvalue weighted by molar-refractivity contribution is 6.31. The monoisotopic (exact) mass is 425 g/mol. The third-order valence-electron chi connectivity index (χ3n) is 3.35. The molecule has 0 unspecified atom stereocenters. The summed E-state index contributed by atoms with van der Waals surface area (Å²) in [5.41, 5.74) is -2.30. The van der Waals surface area contributed by atoms with E-state index in [1.807, 2.05) is 0 Å². The van der Waals surface area contributed by atoms with Crippen molar-refractivity contribution in [1.29, 1.82) is 0 Å². The first kappa shape index (κ1) is 19.9. The Bertz CT molecular complexity index is 1010. The van der Waals surface area contributed by atoms with Crippen molar-refractivity contribution in [3.05, 3.63) is 64.7 Å². The number of pyridine rings is 1. The number of hydrogen-bond donors (Lipinski definition) is 0. The molecule has 0 spiro atoms. The van der Waals surface area contributed by atoms with Gasteiger partial charge in [-0.3, -0.25) is 0 Å². The van der Waals surface area contributed by atoms with Crippen molar-refractivity contribution in [2.75, 3.05) is 0 Å². The average Bonchev–Trinajstić information content (AvgIpc) is 3.07. The topological polar surface area (TPSA) is 39.9 Å². The second kappa shape index (κ2) is 6.97. The molecule has 0 saturated heterocycles. The lowest BCUT2D eigenvalue weighted by Gasteiger charge is -2.12. The maximum absolute atomic E-state index is 14.1. The van der Waals surface area contributed by atoms with E-state index in [0.717, 1.165) is 18.3 Å². The first-order valence-electron chi connectivity index (χ1n) is 7.29. The molecule has 12 heteroatoms. The second-order valence-corrected chi connectivity index (χ2v) is 5.76. The molecule has 28 heavy (non-hydrogen) atoms. The molecule has 0 N–H and O–H groups in total. The third-order valence-corrected chi connectivity index (χ3v) is 3.62. The molecular formula is C16H7ClF7N3O. The van der Waals surface area contributed by atoms with Gasteiger partial charge in [-0.15, -0.1) is 0 Å². The lowest BCUT2D eigenvalue weighted by Crippen LogP contribution is -2.09. The molecule has 0 amide bonds. The van der Waals surface area contributed by atoms with Gasteiger partial charge < -0.3 is 4.74 Å². The molecule has 0 aliphatic rings. The number of alkyl halides is 6. The van der Waals surface area contributed by atoms with Crippen molar-refractivity contribution < 1.29 is 35.5 Å². The fourth-order valence-corrected chi connectivity index (χ4v) is 2.29. The molecule has 4 nitrogen and oxygen atoms in total. The number of ether oxygens (including phenoxy) is 1. The molecule has 3 rings (SSSR count). The minimum absolute atomic E-state index is 0.307. The number of halogens is 8. The molecule has 0 fully saturated rings. The summed E-state index contributed by atoms with van der Waals surface area (Å²) in [6, 6.07) is 5.01. The fourth-order valence-electron chi connectivity index (χ4n) is 2.11. The summed E-state index contributed by atoms with van der Waals surface area (Å²) in [7, 11) is 0. The van der Waals surface area contributed by atoms with Crippen LogP contribution in [0, 0.1) is 5.82 Å². The first-order chi connectivity index (χ1) is 12.9. The molecule has 0 atom stereocenters. The Balaban J connectivity index is 1.98. The van der Waals surface area contributed by atoms with E-state index in [9.17, 15) is 30.7 Å². The van der Waals surface area contributed by atoms with Gasteiger partial charge in [-0.25, -0.2) is 9.07 Å². The Hall–Kier alpha value is -2.82. The quantitative estimate of drug-likeness (QED) is 0.491. The van der Waals surface area contributed by atoms with Crippen LogP contribution >= 0.6 is 11.6 Å². The van der Waals surface area contributed by atoms with Crippen LogP contribution in [0.2, 0.25) is 5.02 Å². The Labute approximate surface area is 157 Å². The lowest BCUT2D eigenvalue weighted by atomic mass is 10.2. The standard InChI is InChI=1S/C16H7ClF7N3O/c17-10-7-11(18)13(27-5-4-12(26-27)16(22,23)24)25-14(10)28-9-3-1-2-8(6-9)15(19,20)21/h1-7H. The minimum atomic E-state index is -4.76. The molecule has 0 bridgehead atoms. The van der Waals surface area contributed by atoms with Gasteiger partial charge >= 0.3 is 12.4 Å². The van der Waals surface area contributed by atoms with Crippen molar-refractivity contribution in [1.82, 2.24) is 14.8 Å². The summed E-state index contributed by atoms with van der Waals surface area (Å²) in [6.45, 7) is 0. The molecule has 0 radical (unpaired) electrons. The van der Waals surface area contributed by atoms with Crippen LogP contribution < -0.4 is 4.74 Å². The summed E-state index contributed by atoms with van der Waals surface area (Å²) in [5.74, 6) is -2.61. The molecular weight excluding hydrogens is 419 g/mol. The molecule has 148 valence electrons. The summed E-state index contributed by atoms with van der Waals surface area (Å²) in [4.78, 5) is 3.65. The molecule has 0 aliphatic heterocycles. The Morgan fingerprint density at radius 1 is 0.964 bits per heavy atom. The molecule has 0 saturated carbocycles. The van der Waals surface area contributed by atoms with E-state index < -0.39 is 46.1 Å². The van der Waals surface area contributed by atoms with E-state index >= 15 is 0 Å². The largest absolute Gasteiger partial charge is 0.437 e. The van der Waals surface area contributed by atoms with Crippen molar-refractivity contribution in [2.45, 2.75) is 12.4 Å². The van der Waals surface area contributed by atoms with Gasteiger partial charge in [-0.2, -0.15) is 36.4 Å². The van der Waals surface area contributed by atoms with Crippen molar-refractivity contribution in [3.8, 4) is 17.4 Å². The molecule has 0 aliphatic carbocycles. The first-order valence-corrected chi connectivity index (χ1v) is 7.67. The maximum Gasteiger partial charge on any atom is 0.435 e. The van der Waals surface area contributed by atoms with E-state index in [1.54, 1.807) is 0 Å². The van der Waals surface area contributed by atoms with Gasteiger partial charge in [0.1, 0.15) is 10.8 Å². The highest BCUT2D eigenvalue weighted by Crippen LogP contribution is 2.35. The molecule has 2 heterocycles. The normalized spacial score (nSPS) is 12.3. The zero-order valence-corrected chi connectivity index (χ0v) is 14.1. The zero-order chi connectivity index (χ0) is 20.7. The molecule has 3 aromatic rings. The van der Waals surface area contributed by atoms with Crippen LogP contribution in [-0.4, -0.2) is 14.8 Å². The van der Waals surface area contributed by atoms with Gasteiger partial charge in [0.2, 0.25) is 5.88 Å². The summed E-state index contributed by atoms with van der Waals surface area (Å²) in [5, 5.41) is 2.78. The Morgan fingerprint density at radius 3 is 2.29 bits per heavy atom. The highest BCUT2D eigenvalue weighted by atomic mass is 35.5. The van der Waals surface area contributed by atoms with Crippen LogP contribution in [0.25, 0.3) is 5.82 Å². The van der Waals surface area contributed by atoms with E-state index in [1.165, 1.54) is 6.07 Å². The van der Waals surface area contributed by atoms with Gasteiger partial charge in [-0.05, 0) is 24.3 Å². The lowest BCUT2D eigenvalue weighted by molar-refractivity contribution is -0.141. The van der Waals surface area contributed by atoms with Crippen LogP contribution in [0.1, 0.15) is 11.3 Å². The average molecular weight is 426 g/mol. The number of rotatable bonds is 3. The van der Waals surface area contributed by atoms with Gasteiger partial charge in [0.05, 0.1) is 5.56 Å². The fraction of sp³-hybridized carbons (Fsp3) is 0.125. The highest BCUT2D eigenvalue weighted by Gasteiger charge is 2.34. The number of aromatic nitrogens is 3. The summed E-state index contributed by atoms with van der Waals surface area (Å²) >= 11 is 5.79. The maximum atomic E-state index is 14.1. The van der Waals surface area contributed by atoms with Crippen molar-refractivity contribution in [3.63, 3.8) is 0 Å². The van der Waals surface area contributed by atoms with Gasteiger partial charge in [0, 0.05) is 12.3 Å². The third kappa shape index (κ3) is 4.19. The van der Waals surface area contributed by atoms with Crippen LogP contribution in [0.3, 0.4) is 0 Å². The van der Waals surface area contributed by atoms with Crippen LogP contribution in [0.15, 0.2) is 42.6 Å². The smallest absolute Gasteiger partial charge is 0.435 e. The second-order valence-electron chi connectivity index (χ2n) is 5.35. The predicted octanol–water partition coefficient (Wildman–Crippen LogP) is 5.89. The van der Waals surface area contributed by atoms with Crippen LogP contribution in [0.4, 0.5) is 30.7 Å². The van der Waals surface area contributed by atoms with Crippen LogP contribution in [-0.2, 0) is 12.4 Å². The number of nitrogens with zero attached hydrogens (tertiary/aromatic N) is 3. The molecule has 2 aromatic heterocycles. The van der Waals surface area contributed by atoms with E-state index in [-0.39, 0.29) is 5.75 Å². The van der Waals surface area contributed by atoms with Gasteiger partial charge in [0.25, 0.3) is 0 Å². The Morgan fingerprint density at radius 2 is 1.68 bits per heavy atom. The number of benzene rings is 1. The SMILES string of the molecule is Fc1cc(Cl)c(Oc2cccc(C(F)(F)F)c2)nc1-n1ccc(C(F)(F)F)n1. The zero-order valence-electron chi connectivity index (χ0n) is 13.3. The van der Waals surface area contributed by atoms with Crippen molar-refractivity contribution in [2.24, 2.45) is 0 Å². The summed E-state index contributed by atoms with van der Waals surface area (Å²) in [6.07, 6.45) is -8.57. The van der Waals surface area contributed by atoms with Gasteiger partial charge in [-0.1, -0.05) is 17.7 Å².